The molecule has 3 rings (SSSR count). The van der Waals surface area contributed by atoms with E-state index in [0.717, 1.165) is 4.68 Å². The molecular formula is C18H13Cl2N3O3. The summed E-state index contributed by atoms with van der Waals surface area (Å²) >= 11 is 11.6. The monoisotopic (exact) mass is 389 g/mol. The number of carbonyl (C=O) groups excluding carboxylic acids is 1. The van der Waals surface area contributed by atoms with Crippen molar-refractivity contribution in [2.75, 3.05) is 12.4 Å². The van der Waals surface area contributed by atoms with Crippen LogP contribution in [0, 0.1) is 0 Å². The van der Waals surface area contributed by atoms with E-state index in [1.807, 2.05) is 0 Å². The summed E-state index contributed by atoms with van der Waals surface area (Å²) in [5.41, 5.74) is 1.00. The molecule has 0 aliphatic heterocycles. The molecule has 6 nitrogen and oxygen atoms in total. The highest BCUT2D eigenvalue weighted by molar-refractivity contribution is 6.41. The quantitative estimate of drug-likeness (QED) is 0.736. The molecule has 0 unspecified atom stereocenters. The average Bonchev–Trinajstić information content (AvgIpc) is 2.67. The topological polar surface area (TPSA) is 73.2 Å². The van der Waals surface area contributed by atoms with E-state index in [2.05, 4.69) is 10.4 Å². The summed E-state index contributed by atoms with van der Waals surface area (Å²) < 4.78 is 6.19. The number of benzene rings is 2. The van der Waals surface area contributed by atoms with Gasteiger partial charge in [0.25, 0.3) is 11.5 Å². The lowest BCUT2D eigenvalue weighted by molar-refractivity contribution is 0.102. The van der Waals surface area contributed by atoms with Gasteiger partial charge in [0.1, 0.15) is 10.8 Å². The first-order chi connectivity index (χ1) is 12.5. The molecule has 0 aliphatic carbocycles. The Bertz CT molecular complexity index is 1000. The molecule has 0 spiro atoms. The Morgan fingerprint density at radius 2 is 1.73 bits per heavy atom. The lowest BCUT2D eigenvalue weighted by Gasteiger charge is -2.08. The van der Waals surface area contributed by atoms with Gasteiger partial charge in [0.15, 0.2) is 0 Å². The van der Waals surface area contributed by atoms with Crippen molar-refractivity contribution in [3.8, 4) is 11.4 Å². The Hall–Kier alpha value is -2.83. The van der Waals surface area contributed by atoms with Crippen molar-refractivity contribution in [3.05, 3.63) is 80.7 Å². The number of carbonyl (C=O) groups is 1. The fourth-order valence-corrected chi connectivity index (χ4v) is 2.48. The van der Waals surface area contributed by atoms with Crippen LogP contribution in [0.1, 0.15) is 10.4 Å². The third kappa shape index (κ3) is 3.71. The highest BCUT2D eigenvalue weighted by Gasteiger charge is 2.11. The number of aromatic nitrogens is 2. The van der Waals surface area contributed by atoms with Gasteiger partial charge < -0.3 is 10.1 Å². The number of methoxy groups -OCH3 is 1. The fraction of sp³-hybridized carbons (Fsp3) is 0.0556. The van der Waals surface area contributed by atoms with Crippen LogP contribution in [-0.4, -0.2) is 22.8 Å². The minimum Gasteiger partial charge on any atom is -0.497 e. The number of hydrogen-bond acceptors (Lipinski definition) is 4. The maximum absolute atomic E-state index is 12.3. The van der Waals surface area contributed by atoms with E-state index in [1.165, 1.54) is 6.20 Å². The number of nitrogens with one attached hydrogen (secondary N) is 1. The predicted octanol–water partition coefficient (Wildman–Crippen LogP) is 3.80. The molecule has 1 amide bonds. The highest BCUT2D eigenvalue weighted by Crippen LogP contribution is 2.18. The van der Waals surface area contributed by atoms with Crippen LogP contribution in [0.2, 0.25) is 10.0 Å². The van der Waals surface area contributed by atoms with Gasteiger partial charge >= 0.3 is 0 Å². The first kappa shape index (κ1) is 18.0. The van der Waals surface area contributed by atoms with Gasteiger partial charge in [-0.05, 0) is 48.5 Å². The van der Waals surface area contributed by atoms with Crippen LogP contribution in [-0.2, 0) is 0 Å². The Kier molecular flexibility index (Phi) is 5.25. The fourth-order valence-electron chi connectivity index (χ4n) is 2.23. The van der Waals surface area contributed by atoms with Crippen molar-refractivity contribution in [1.82, 2.24) is 9.78 Å². The van der Waals surface area contributed by atoms with Crippen LogP contribution < -0.4 is 15.6 Å². The first-order valence-corrected chi connectivity index (χ1v) is 8.24. The highest BCUT2D eigenvalue weighted by atomic mass is 35.5. The van der Waals surface area contributed by atoms with Gasteiger partial charge in [-0.15, -0.1) is 0 Å². The summed E-state index contributed by atoms with van der Waals surface area (Å²) in [6.07, 6.45) is 1.29. The molecule has 0 atom stereocenters. The zero-order chi connectivity index (χ0) is 18.7. The maximum Gasteiger partial charge on any atom is 0.291 e. The molecule has 0 saturated carbocycles. The standard InChI is InChI=1S/C18H13Cl2N3O3/c1-26-14-8-4-12(5-9-14)22-17(24)11-2-6-13(7-3-11)23-18(25)16(20)15(19)10-21-23/h2-10H,1H3,(H,22,24). The summed E-state index contributed by atoms with van der Waals surface area (Å²) in [5, 5.41) is 6.70. The second-order valence-electron chi connectivity index (χ2n) is 5.25. The summed E-state index contributed by atoms with van der Waals surface area (Å²) in [7, 11) is 1.57. The molecule has 26 heavy (non-hydrogen) atoms. The summed E-state index contributed by atoms with van der Waals surface area (Å²) in [6, 6.07) is 13.4. The minimum absolute atomic E-state index is 0.0865. The SMILES string of the molecule is COc1ccc(NC(=O)c2ccc(-n3ncc(Cl)c(Cl)c3=O)cc2)cc1. The van der Waals surface area contributed by atoms with Crippen LogP contribution in [0.5, 0.6) is 5.75 Å². The van der Waals surface area contributed by atoms with Crippen LogP contribution >= 0.6 is 23.2 Å². The van der Waals surface area contributed by atoms with Crippen molar-refractivity contribution in [3.63, 3.8) is 0 Å². The molecule has 1 heterocycles. The van der Waals surface area contributed by atoms with Crippen molar-refractivity contribution < 1.29 is 9.53 Å². The average molecular weight is 390 g/mol. The molecule has 0 fully saturated rings. The summed E-state index contributed by atoms with van der Waals surface area (Å²) in [6.45, 7) is 0. The van der Waals surface area contributed by atoms with Gasteiger partial charge in [-0.1, -0.05) is 23.2 Å². The Morgan fingerprint density at radius 1 is 1.08 bits per heavy atom. The second-order valence-corrected chi connectivity index (χ2v) is 6.04. The molecule has 0 saturated heterocycles. The number of nitrogens with zero attached hydrogens (tertiary/aromatic N) is 2. The van der Waals surface area contributed by atoms with E-state index in [0.29, 0.717) is 22.7 Å². The van der Waals surface area contributed by atoms with E-state index < -0.39 is 5.56 Å². The molecule has 1 N–H and O–H groups in total. The smallest absolute Gasteiger partial charge is 0.291 e. The molecule has 3 aromatic rings. The number of ether oxygens (including phenoxy) is 1. The Labute approximate surface area is 158 Å². The normalized spacial score (nSPS) is 10.4. The van der Waals surface area contributed by atoms with Gasteiger partial charge in [-0.25, -0.2) is 0 Å². The minimum atomic E-state index is -0.533. The van der Waals surface area contributed by atoms with E-state index in [4.69, 9.17) is 27.9 Å². The van der Waals surface area contributed by atoms with Crippen LogP contribution in [0.3, 0.4) is 0 Å². The molecule has 8 heteroatoms. The third-order valence-electron chi connectivity index (χ3n) is 3.60. The molecule has 1 aromatic heterocycles. The maximum atomic E-state index is 12.3. The van der Waals surface area contributed by atoms with Gasteiger partial charge in [-0.3, -0.25) is 9.59 Å². The summed E-state index contributed by atoms with van der Waals surface area (Å²) in [4.78, 5) is 24.4. The molecule has 0 radical (unpaired) electrons. The van der Waals surface area contributed by atoms with Crippen LogP contribution in [0.4, 0.5) is 5.69 Å². The number of anilines is 1. The second kappa shape index (κ2) is 7.59. The van der Waals surface area contributed by atoms with E-state index in [9.17, 15) is 9.59 Å². The third-order valence-corrected chi connectivity index (χ3v) is 4.35. The lowest BCUT2D eigenvalue weighted by atomic mass is 10.2. The zero-order valence-corrected chi connectivity index (χ0v) is 15.1. The van der Waals surface area contributed by atoms with E-state index in [-0.39, 0.29) is 16.0 Å². The van der Waals surface area contributed by atoms with Crippen molar-refractivity contribution >= 4 is 34.8 Å². The van der Waals surface area contributed by atoms with Gasteiger partial charge in [0.05, 0.1) is 24.0 Å². The van der Waals surface area contributed by atoms with Crippen molar-refractivity contribution in [1.29, 1.82) is 0 Å². The molecule has 0 aliphatic rings. The predicted molar refractivity (Wildman–Crippen MR) is 101 cm³/mol. The number of hydrogen-bond donors (Lipinski definition) is 1. The molecule has 0 bridgehead atoms. The zero-order valence-electron chi connectivity index (χ0n) is 13.6. The lowest BCUT2D eigenvalue weighted by Crippen LogP contribution is -2.21. The van der Waals surface area contributed by atoms with Crippen molar-refractivity contribution in [2.45, 2.75) is 0 Å². The largest absolute Gasteiger partial charge is 0.497 e. The number of rotatable bonds is 4. The van der Waals surface area contributed by atoms with E-state index in [1.54, 1.807) is 55.6 Å². The van der Waals surface area contributed by atoms with Crippen LogP contribution in [0.25, 0.3) is 5.69 Å². The molecule has 132 valence electrons. The Balaban J connectivity index is 1.79. The van der Waals surface area contributed by atoms with E-state index >= 15 is 0 Å². The number of amides is 1. The van der Waals surface area contributed by atoms with Crippen molar-refractivity contribution in [2.24, 2.45) is 0 Å². The van der Waals surface area contributed by atoms with Gasteiger partial charge in [0.2, 0.25) is 0 Å². The number of halogens is 2. The van der Waals surface area contributed by atoms with Gasteiger partial charge in [0, 0.05) is 11.3 Å². The van der Waals surface area contributed by atoms with Gasteiger partial charge in [-0.2, -0.15) is 9.78 Å². The molecule has 2 aromatic carbocycles. The van der Waals surface area contributed by atoms with Crippen LogP contribution in [0.15, 0.2) is 59.5 Å². The molecular weight excluding hydrogens is 377 g/mol. The summed E-state index contributed by atoms with van der Waals surface area (Å²) in [5.74, 6) is 0.420. The Morgan fingerprint density at radius 3 is 2.35 bits per heavy atom. The first-order valence-electron chi connectivity index (χ1n) is 7.49.